The zero-order valence-corrected chi connectivity index (χ0v) is 15.4. The molecule has 21 heavy (non-hydrogen) atoms. The largest absolute Gasteiger partial charge is 0.468 e. The summed E-state index contributed by atoms with van der Waals surface area (Å²) in [4.78, 5) is 11.8. The molecule has 3 atom stereocenters. The molecule has 1 N–H and O–H groups in total. The second-order valence-corrected chi connectivity index (χ2v) is 12.1. The number of rotatable bonds is 6. The third-order valence-corrected chi connectivity index (χ3v) is 9.26. The summed E-state index contributed by atoms with van der Waals surface area (Å²) in [6, 6.07) is -0.0548. The average Bonchev–Trinajstić information content (AvgIpc) is 2.76. The average molecular weight is 314 g/mol. The maximum absolute atomic E-state index is 11.8. The van der Waals surface area contributed by atoms with Crippen LogP contribution in [0.4, 0.5) is 0 Å². The van der Waals surface area contributed by atoms with Crippen LogP contribution in [0.5, 0.6) is 0 Å². The Labute approximate surface area is 130 Å². The maximum Gasteiger partial charge on any atom is 0.322 e. The standard InChI is InChI=1S/C16H31NO3Si/c1-8-9-10-12-14(11-13(17-12)15(18)19-5)20-21(6,7)16(2,3)4/h8,12-14,17H,1,9-11H2,2-7H3/t12-,13-,14?/m0/s1. The molecular weight excluding hydrogens is 282 g/mol. The zero-order valence-electron chi connectivity index (χ0n) is 14.4. The summed E-state index contributed by atoms with van der Waals surface area (Å²) in [7, 11) is -0.408. The van der Waals surface area contributed by atoms with Crippen LogP contribution in [-0.4, -0.2) is 39.6 Å². The Hall–Kier alpha value is -0.653. The summed E-state index contributed by atoms with van der Waals surface area (Å²) < 4.78 is 11.4. The van der Waals surface area contributed by atoms with Crippen LogP contribution in [0.25, 0.3) is 0 Å². The van der Waals surface area contributed by atoms with Crippen LogP contribution < -0.4 is 5.32 Å². The zero-order chi connectivity index (χ0) is 16.3. The molecule has 1 aliphatic heterocycles. The van der Waals surface area contributed by atoms with Gasteiger partial charge in [-0.15, -0.1) is 6.58 Å². The number of hydrogen-bond acceptors (Lipinski definition) is 4. The highest BCUT2D eigenvalue weighted by molar-refractivity contribution is 6.74. The minimum absolute atomic E-state index is 0.0786. The molecule has 1 aliphatic rings. The van der Waals surface area contributed by atoms with Crippen molar-refractivity contribution in [2.24, 2.45) is 0 Å². The molecule has 1 saturated heterocycles. The fraction of sp³-hybridized carbons (Fsp3) is 0.812. The Morgan fingerprint density at radius 2 is 2.05 bits per heavy atom. The third-order valence-electron chi connectivity index (χ3n) is 4.75. The first kappa shape index (κ1) is 18.4. The van der Waals surface area contributed by atoms with Gasteiger partial charge in [0.25, 0.3) is 0 Å². The van der Waals surface area contributed by atoms with E-state index in [1.54, 1.807) is 0 Å². The summed E-state index contributed by atoms with van der Waals surface area (Å²) in [5, 5.41) is 3.54. The molecule has 0 bridgehead atoms. The van der Waals surface area contributed by atoms with E-state index >= 15 is 0 Å². The summed E-state index contributed by atoms with van der Waals surface area (Å²) in [6.45, 7) is 15.0. The quantitative estimate of drug-likeness (QED) is 0.464. The highest BCUT2D eigenvalue weighted by Gasteiger charge is 2.45. The Bertz CT molecular complexity index is 376. The van der Waals surface area contributed by atoms with Crippen LogP contribution in [-0.2, 0) is 14.0 Å². The number of methoxy groups -OCH3 is 1. The molecule has 1 fully saturated rings. The number of ether oxygens (including phenoxy) is 1. The van der Waals surface area contributed by atoms with Crippen molar-refractivity contribution in [1.82, 2.24) is 5.32 Å². The van der Waals surface area contributed by atoms with E-state index in [2.05, 4.69) is 45.8 Å². The van der Waals surface area contributed by atoms with E-state index in [1.165, 1.54) is 7.11 Å². The van der Waals surface area contributed by atoms with Crippen LogP contribution in [0.2, 0.25) is 18.1 Å². The van der Waals surface area contributed by atoms with Crippen molar-refractivity contribution >= 4 is 14.3 Å². The van der Waals surface area contributed by atoms with Crippen molar-refractivity contribution in [1.29, 1.82) is 0 Å². The van der Waals surface area contributed by atoms with Crippen LogP contribution in [0.15, 0.2) is 12.7 Å². The number of allylic oxidation sites excluding steroid dienone is 1. The van der Waals surface area contributed by atoms with Gasteiger partial charge in [-0.2, -0.15) is 0 Å². The molecule has 122 valence electrons. The summed E-state index contributed by atoms with van der Waals surface area (Å²) >= 11 is 0. The highest BCUT2D eigenvalue weighted by atomic mass is 28.4. The lowest BCUT2D eigenvalue weighted by Gasteiger charge is -2.39. The first-order valence-electron chi connectivity index (χ1n) is 7.75. The molecule has 0 aliphatic carbocycles. The molecular formula is C16H31NO3Si. The Balaban J connectivity index is 2.80. The van der Waals surface area contributed by atoms with E-state index < -0.39 is 8.32 Å². The summed E-state index contributed by atoms with van der Waals surface area (Å²) in [6.07, 6.45) is 4.55. The number of carbonyl (C=O) groups is 1. The molecule has 0 radical (unpaired) electrons. The smallest absolute Gasteiger partial charge is 0.322 e. The predicted octanol–water partition coefficient (Wildman–Crippen LogP) is 3.25. The van der Waals surface area contributed by atoms with Crippen molar-refractivity contribution in [3.63, 3.8) is 0 Å². The first-order chi connectivity index (χ1) is 9.62. The van der Waals surface area contributed by atoms with Gasteiger partial charge < -0.3 is 9.16 Å². The van der Waals surface area contributed by atoms with Gasteiger partial charge in [0.2, 0.25) is 0 Å². The van der Waals surface area contributed by atoms with Crippen molar-refractivity contribution < 1.29 is 14.0 Å². The van der Waals surface area contributed by atoms with Crippen molar-refractivity contribution in [2.45, 2.75) is 76.4 Å². The molecule has 1 unspecified atom stereocenters. The molecule has 0 aromatic rings. The van der Waals surface area contributed by atoms with Gasteiger partial charge in [0.05, 0.1) is 13.2 Å². The van der Waals surface area contributed by atoms with Gasteiger partial charge in [0.15, 0.2) is 8.32 Å². The Kier molecular flexibility index (Phi) is 6.19. The van der Waals surface area contributed by atoms with Crippen molar-refractivity contribution in [2.75, 3.05) is 7.11 Å². The van der Waals surface area contributed by atoms with Gasteiger partial charge in [-0.3, -0.25) is 10.1 Å². The second kappa shape index (κ2) is 7.07. The molecule has 5 heteroatoms. The van der Waals surface area contributed by atoms with Gasteiger partial charge in [-0.1, -0.05) is 26.8 Å². The van der Waals surface area contributed by atoms with Crippen LogP contribution in [0.3, 0.4) is 0 Å². The molecule has 0 spiro atoms. The fourth-order valence-electron chi connectivity index (χ4n) is 2.39. The number of nitrogens with one attached hydrogen (secondary N) is 1. The SMILES string of the molecule is C=CCC[C@@H]1N[C@H](C(=O)OC)CC1O[Si](C)(C)C(C)(C)C. The van der Waals surface area contributed by atoms with Crippen molar-refractivity contribution in [3.8, 4) is 0 Å². The van der Waals surface area contributed by atoms with Gasteiger partial charge in [0.1, 0.15) is 6.04 Å². The lowest BCUT2D eigenvalue weighted by molar-refractivity contribution is -0.142. The first-order valence-corrected chi connectivity index (χ1v) is 10.7. The van der Waals surface area contributed by atoms with E-state index in [9.17, 15) is 4.79 Å². The molecule has 0 aromatic carbocycles. The second-order valence-electron chi connectivity index (χ2n) is 7.37. The van der Waals surface area contributed by atoms with Crippen LogP contribution in [0.1, 0.15) is 40.0 Å². The van der Waals surface area contributed by atoms with E-state index in [1.807, 2.05) is 6.08 Å². The molecule has 0 amide bonds. The van der Waals surface area contributed by atoms with E-state index in [4.69, 9.17) is 9.16 Å². The van der Waals surface area contributed by atoms with E-state index in [-0.39, 0.29) is 29.2 Å². The molecule has 1 heterocycles. The van der Waals surface area contributed by atoms with E-state index in [0.29, 0.717) is 6.42 Å². The lowest BCUT2D eigenvalue weighted by Crippen LogP contribution is -2.47. The summed E-state index contributed by atoms with van der Waals surface area (Å²) in [5.74, 6) is -0.195. The Morgan fingerprint density at radius 1 is 1.43 bits per heavy atom. The van der Waals surface area contributed by atoms with Gasteiger partial charge in [-0.25, -0.2) is 0 Å². The lowest BCUT2D eigenvalue weighted by atomic mass is 10.1. The molecule has 1 rings (SSSR count). The number of carbonyl (C=O) groups excluding carboxylic acids is 1. The normalized spacial score (nSPS) is 26.7. The summed E-state index contributed by atoms with van der Waals surface area (Å²) in [5.41, 5.74) is 0. The van der Waals surface area contributed by atoms with Crippen molar-refractivity contribution in [3.05, 3.63) is 12.7 Å². The molecule has 4 nitrogen and oxygen atoms in total. The molecule has 0 saturated carbocycles. The van der Waals surface area contributed by atoms with Gasteiger partial charge in [0, 0.05) is 6.04 Å². The van der Waals surface area contributed by atoms with Gasteiger partial charge >= 0.3 is 5.97 Å². The number of esters is 1. The maximum atomic E-state index is 11.8. The fourth-order valence-corrected chi connectivity index (χ4v) is 3.76. The highest BCUT2D eigenvalue weighted by Crippen LogP contribution is 2.39. The Morgan fingerprint density at radius 3 is 2.52 bits per heavy atom. The minimum Gasteiger partial charge on any atom is -0.468 e. The number of hydrogen-bond donors (Lipinski definition) is 1. The van der Waals surface area contributed by atoms with E-state index in [0.717, 1.165) is 12.8 Å². The monoisotopic (exact) mass is 313 g/mol. The van der Waals surface area contributed by atoms with Crippen LogP contribution in [0, 0.1) is 0 Å². The molecule has 0 aromatic heterocycles. The third kappa shape index (κ3) is 4.66. The van der Waals surface area contributed by atoms with Gasteiger partial charge in [-0.05, 0) is 37.4 Å². The van der Waals surface area contributed by atoms with Crippen LogP contribution >= 0.6 is 0 Å². The minimum atomic E-state index is -1.84. The predicted molar refractivity (Wildman–Crippen MR) is 88.8 cm³/mol. The topological polar surface area (TPSA) is 47.6 Å².